The first-order valence-electron chi connectivity index (χ1n) is 8.46. The largest absolute Gasteiger partial charge is 0.339 e. The third kappa shape index (κ3) is 4.67. The predicted molar refractivity (Wildman–Crippen MR) is 99.6 cm³/mol. The van der Waals surface area contributed by atoms with E-state index in [4.69, 9.17) is 0 Å². The lowest BCUT2D eigenvalue weighted by atomic mass is 10.2. The van der Waals surface area contributed by atoms with Crippen molar-refractivity contribution in [2.45, 2.75) is 6.54 Å². The van der Waals surface area contributed by atoms with Gasteiger partial charge in [-0.2, -0.15) is 0 Å². The molecule has 1 aliphatic rings. The molecule has 0 unspecified atom stereocenters. The summed E-state index contributed by atoms with van der Waals surface area (Å²) in [6, 6.07) is 14.0. The lowest BCUT2D eigenvalue weighted by Crippen LogP contribution is -2.51. The molecule has 0 spiro atoms. The van der Waals surface area contributed by atoms with Gasteiger partial charge in [0.15, 0.2) is 0 Å². The van der Waals surface area contributed by atoms with E-state index in [0.717, 1.165) is 19.6 Å². The van der Waals surface area contributed by atoms with Crippen molar-refractivity contribution < 1.29 is 9.59 Å². The fraction of sp³-hybridized carbons (Fsp3) is 0.368. The van der Waals surface area contributed by atoms with Gasteiger partial charge in [0.25, 0.3) is 5.91 Å². The second-order valence-electron chi connectivity index (χ2n) is 6.28. The summed E-state index contributed by atoms with van der Waals surface area (Å²) in [4.78, 5) is 31.1. The molecule has 1 saturated heterocycles. The van der Waals surface area contributed by atoms with Gasteiger partial charge >= 0.3 is 0 Å². The highest BCUT2D eigenvalue weighted by Crippen LogP contribution is 2.12. The zero-order chi connectivity index (χ0) is 17.6. The molecule has 1 aromatic heterocycles. The highest BCUT2D eigenvalue weighted by molar-refractivity contribution is 7.12. The molecule has 25 heavy (non-hydrogen) atoms. The maximum atomic E-state index is 12.5. The summed E-state index contributed by atoms with van der Waals surface area (Å²) in [7, 11) is 1.69. The summed E-state index contributed by atoms with van der Waals surface area (Å²) < 4.78 is 0. The number of likely N-dealkylation sites (N-methyl/N-ethyl adjacent to an activating group) is 1. The minimum absolute atomic E-state index is 0.0202. The lowest BCUT2D eigenvalue weighted by Gasteiger charge is -2.35. The van der Waals surface area contributed by atoms with E-state index in [9.17, 15) is 9.59 Å². The van der Waals surface area contributed by atoms with E-state index in [2.05, 4.69) is 29.2 Å². The van der Waals surface area contributed by atoms with Crippen LogP contribution in [0.4, 0.5) is 0 Å². The minimum atomic E-state index is -0.0916. The van der Waals surface area contributed by atoms with Crippen LogP contribution in [0.15, 0.2) is 47.8 Å². The standard InChI is InChI=1S/C19H23N3O2S/c1-20(19(24)17-8-5-13-25-17)15-18(23)22-11-9-21(10-12-22)14-16-6-3-2-4-7-16/h2-8,13H,9-12,14-15H2,1H3. The molecule has 6 heteroatoms. The van der Waals surface area contributed by atoms with Gasteiger partial charge in [-0.15, -0.1) is 11.3 Å². The summed E-state index contributed by atoms with van der Waals surface area (Å²) in [5, 5.41) is 1.87. The first-order valence-corrected chi connectivity index (χ1v) is 9.34. The number of rotatable bonds is 5. The Bertz CT molecular complexity index is 695. The maximum Gasteiger partial charge on any atom is 0.264 e. The molecule has 0 radical (unpaired) electrons. The van der Waals surface area contributed by atoms with Crippen molar-refractivity contribution in [3.8, 4) is 0 Å². The van der Waals surface area contributed by atoms with E-state index in [-0.39, 0.29) is 18.4 Å². The lowest BCUT2D eigenvalue weighted by molar-refractivity contribution is -0.133. The second-order valence-corrected chi connectivity index (χ2v) is 7.23. The molecule has 2 aromatic rings. The summed E-state index contributed by atoms with van der Waals surface area (Å²) in [5.41, 5.74) is 1.29. The van der Waals surface area contributed by atoms with Crippen molar-refractivity contribution in [3.05, 3.63) is 58.3 Å². The van der Waals surface area contributed by atoms with Crippen molar-refractivity contribution in [2.75, 3.05) is 39.8 Å². The van der Waals surface area contributed by atoms with E-state index < -0.39 is 0 Å². The molecule has 5 nitrogen and oxygen atoms in total. The molecular formula is C19H23N3O2S. The topological polar surface area (TPSA) is 43.9 Å². The Morgan fingerprint density at radius 2 is 1.76 bits per heavy atom. The third-order valence-electron chi connectivity index (χ3n) is 4.43. The Labute approximate surface area is 152 Å². The summed E-state index contributed by atoms with van der Waals surface area (Å²) in [5.74, 6) is -0.0715. The smallest absolute Gasteiger partial charge is 0.264 e. The Kier molecular flexibility index (Phi) is 5.83. The molecule has 0 atom stereocenters. The first-order chi connectivity index (χ1) is 12.1. The molecule has 2 heterocycles. The van der Waals surface area contributed by atoms with Gasteiger partial charge in [-0.25, -0.2) is 0 Å². The zero-order valence-corrected chi connectivity index (χ0v) is 15.2. The molecule has 0 N–H and O–H groups in total. The fourth-order valence-electron chi connectivity index (χ4n) is 2.96. The van der Waals surface area contributed by atoms with Crippen LogP contribution in [0.2, 0.25) is 0 Å². The molecule has 0 aliphatic carbocycles. The van der Waals surface area contributed by atoms with Crippen LogP contribution in [0, 0.1) is 0 Å². The molecule has 1 aromatic carbocycles. The van der Waals surface area contributed by atoms with Crippen molar-refractivity contribution in [3.63, 3.8) is 0 Å². The van der Waals surface area contributed by atoms with Crippen LogP contribution in [-0.2, 0) is 11.3 Å². The minimum Gasteiger partial charge on any atom is -0.339 e. The third-order valence-corrected chi connectivity index (χ3v) is 5.28. The molecule has 132 valence electrons. The number of nitrogens with zero attached hydrogens (tertiary/aromatic N) is 3. The van der Waals surface area contributed by atoms with E-state index in [0.29, 0.717) is 18.0 Å². The zero-order valence-electron chi connectivity index (χ0n) is 14.4. The Balaban J connectivity index is 1.46. The highest BCUT2D eigenvalue weighted by Gasteiger charge is 2.23. The number of benzene rings is 1. The monoisotopic (exact) mass is 357 g/mol. The van der Waals surface area contributed by atoms with Crippen LogP contribution in [0.3, 0.4) is 0 Å². The van der Waals surface area contributed by atoms with E-state index in [1.807, 2.05) is 22.4 Å². The van der Waals surface area contributed by atoms with Gasteiger partial charge in [0.05, 0.1) is 11.4 Å². The van der Waals surface area contributed by atoms with Crippen molar-refractivity contribution in [2.24, 2.45) is 0 Å². The van der Waals surface area contributed by atoms with Gasteiger partial charge in [0.1, 0.15) is 0 Å². The number of thiophene rings is 1. The number of carbonyl (C=O) groups excluding carboxylic acids is 2. The molecule has 2 amide bonds. The average Bonchev–Trinajstić information content (AvgIpc) is 3.17. The van der Waals surface area contributed by atoms with E-state index in [1.165, 1.54) is 21.8 Å². The van der Waals surface area contributed by atoms with Crippen LogP contribution in [0.25, 0.3) is 0 Å². The Morgan fingerprint density at radius 1 is 1.04 bits per heavy atom. The average molecular weight is 357 g/mol. The molecule has 3 rings (SSSR count). The number of hydrogen-bond donors (Lipinski definition) is 0. The SMILES string of the molecule is CN(CC(=O)N1CCN(Cc2ccccc2)CC1)C(=O)c1cccs1. The highest BCUT2D eigenvalue weighted by atomic mass is 32.1. The first kappa shape index (κ1) is 17.6. The summed E-state index contributed by atoms with van der Waals surface area (Å²) in [6.07, 6.45) is 0. The number of hydrogen-bond acceptors (Lipinski definition) is 4. The number of carbonyl (C=O) groups is 2. The van der Waals surface area contributed by atoms with Gasteiger partial charge in [-0.05, 0) is 17.0 Å². The molecule has 0 saturated carbocycles. The molecular weight excluding hydrogens is 334 g/mol. The van der Waals surface area contributed by atoms with Gasteiger partial charge in [-0.1, -0.05) is 36.4 Å². The van der Waals surface area contributed by atoms with Crippen LogP contribution in [0.5, 0.6) is 0 Å². The van der Waals surface area contributed by atoms with Crippen molar-refractivity contribution in [1.82, 2.24) is 14.7 Å². The second kappa shape index (κ2) is 8.27. The van der Waals surface area contributed by atoms with E-state index >= 15 is 0 Å². The van der Waals surface area contributed by atoms with Gasteiger partial charge in [0.2, 0.25) is 5.91 Å². The number of amides is 2. The van der Waals surface area contributed by atoms with Crippen LogP contribution < -0.4 is 0 Å². The van der Waals surface area contributed by atoms with Gasteiger partial charge < -0.3 is 9.80 Å². The van der Waals surface area contributed by atoms with Crippen LogP contribution in [0.1, 0.15) is 15.2 Å². The Hall–Kier alpha value is -2.18. The predicted octanol–water partition coefficient (Wildman–Crippen LogP) is 2.16. The number of piperazine rings is 1. The van der Waals surface area contributed by atoms with Crippen LogP contribution in [-0.4, -0.2) is 66.3 Å². The normalized spacial score (nSPS) is 15.2. The Morgan fingerprint density at radius 3 is 2.40 bits per heavy atom. The molecule has 1 aliphatic heterocycles. The maximum absolute atomic E-state index is 12.5. The molecule has 0 bridgehead atoms. The van der Waals surface area contributed by atoms with Crippen LogP contribution >= 0.6 is 11.3 Å². The van der Waals surface area contributed by atoms with Gasteiger partial charge in [-0.3, -0.25) is 14.5 Å². The quantitative estimate of drug-likeness (QED) is 0.824. The van der Waals surface area contributed by atoms with Gasteiger partial charge in [0, 0.05) is 39.8 Å². The summed E-state index contributed by atoms with van der Waals surface area (Å²) >= 11 is 1.40. The molecule has 1 fully saturated rings. The van der Waals surface area contributed by atoms with Crippen molar-refractivity contribution in [1.29, 1.82) is 0 Å². The van der Waals surface area contributed by atoms with E-state index in [1.54, 1.807) is 13.1 Å². The summed E-state index contributed by atoms with van der Waals surface area (Å²) in [6.45, 7) is 4.21. The fourth-order valence-corrected chi connectivity index (χ4v) is 3.68. The van der Waals surface area contributed by atoms with Crippen molar-refractivity contribution >= 4 is 23.2 Å².